The quantitative estimate of drug-likeness (QED) is 0.585. The van der Waals surface area contributed by atoms with Gasteiger partial charge in [-0.1, -0.05) is 11.6 Å². The molecule has 2 aromatic rings. The van der Waals surface area contributed by atoms with Gasteiger partial charge in [-0.15, -0.1) is 0 Å². The largest absolute Gasteiger partial charge is 0.445 e. The Kier molecular flexibility index (Phi) is 1.40. The molecule has 1 heterocycles. The zero-order chi connectivity index (χ0) is 7.84. The lowest BCUT2D eigenvalue weighted by molar-refractivity contribution is 0.618. The van der Waals surface area contributed by atoms with Crippen LogP contribution in [0.15, 0.2) is 28.7 Å². The van der Waals surface area contributed by atoms with Crippen LogP contribution in [0.1, 0.15) is 5.56 Å². The molecule has 0 unspecified atom stereocenters. The summed E-state index contributed by atoms with van der Waals surface area (Å²) in [7, 11) is 0. The van der Waals surface area contributed by atoms with Crippen molar-refractivity contribution >= 4 is 22.6 Å². The highest BCUT2D eigenvalue weighted by Gasteiger charge is 1.99. The molecular weight excluding hydrogens is 160 g/mol. The first-order valence-electron chi connectivity index (χ1n) is 3.41. The average molecular weight is 167 g/mol. The van der Waals surface area contributed by atoms with E-state index in [4.69, 9.17) is 16.0 Å². The Labute approximate surface area is 69.6 Å². The molecule has 1 aromatic heterocycles. The fourth-order valence-corrected chi connectivity index (χ4v) is 1.33. The van der Waals surface area contributed by atoms with E-state index in [2.05, 4.69) is 0 Å². The molecule has 2 heteroatoms. The molecule has 0 aliphatic heterocycles. The number of hydrogen-bond acceptors (Lipinski definition) is 1. The van der Waals surface area contributed by atoms with Crippen LogP contribution in [-0.2, 0) is 0 Å². The van der Waals surface area contributed by atoms with Crippen LogP contribution in [0, 0.1) is 6.92 Å². The van der Waals surface area contributed by atoms with Crippen molar-refractivity contribution in [1.29, 1.82) is 0 Å². The summed E-state index contributed by atoms with van der Waals surface area (Å²) in [6.45, 7) is 2.04. The van der Waals surface area contributed by atoms with Crippen LogP contribution < -0.4 is 0 Å². The van der Waals surface area contributed by atoms with Crippen molar-refractivity contribution in [3.63, 3.8) is 0 Å². The number of benzene rings is 1. The summed E-state index contributed by atoms with van der Waals surface area (Å²) in [6, 6.07) is 7.80. The van der Waals surface area contributed by atoms with Gasteiger partial charge in [0.1, 0.15) is 5.58 Å². The normalized spacial score (nSPS) is 10.7. The van der Waals surface area contributed by atoms with Crippen molar-refractivity contribution in [2.75, 3.05) is 0 Å². The molecule has 0 bridgehead atoms. The highest BCUT2D eigenvalue weighted by atomic mass is 35.5. The van der Waals surface area contributed by atoms with Crippen LogP contribution in [0.4, 0.5) is 0 Å². The first kappa shape index (κ1) is 6.74. The third-order valence-corrected chi connectivity index (χ3v) is 1.83. The van der Waals surface area contributed by atoms with Gasteiger partial charge in [0.25, 0.3) is 0 Å². The molecule has 0 aliphatic carbocycles. The van der Waals surface area contributed by atoms with Crippen molar-refractivity contribution in [1.82, 2.24) is 0 Å². The molecule has 0 fully saturated rings. The Morgan fingerprint density at radius 2 is 2.09 bits per heavy atom. The molecule has 1 nitrogen and oxygen atoms in total. The minimum absolute atomic E-state index is 0.450. The topological polar surface area (TPSA) is 13.1 Å². The summed E-state index contributed by atoms with van der Waals surface area (Å²) in [5.74, 6) is 0. The smallest absolute Gasteiger partial charge is 0.194 e. The molecule has 0 radical (unpaired) electrons. The van der Waals surface area contributed by atoms with Crippen LogP contribution in [0.3, 0.4) is 0 Å². The molecule has 0 atom stereocenters. The number of hydrogen-bond donors (Lipinski definition) is 0. The SMILES string of the molecule is Cc1ccc2oc(Cl)cc2c1. The highest BCUT2D eigenvalue weighted by molar-refractivity contribution is 6.29. The molecule has 11 heavy (non-hydrogen) atoms. The molecule has 2 rings (SSSR count). The fraction of sp³-hybridized carbons (Fsp3) is 0.111. The lowest BCUT2D eigenvalue weighted by atomic mass is 10.2. The van der Waals surface area contributed by atoms with Gasteiger partial charge in [0.2, 0.25) is 0 Å². The summed E-state index contributed by atoms with van der Waals surface area (Å²) in [5, 5.41) is 1.51. The van der Waals surface area contributed by atoms with E-state index < -0.39 is 0 Å². The number of fused-ring (bicyclic) bond motifs is 1. The lowest BCUT2D eigenvalue weighted by Gasteiger charge is -1.88. The van der Waals surface area contributed by atoms with Crippen LogP contribution in [0.25, 0.3) is 11.0 Å². The van der Waals surface area contributed by atoms with E-state index in [-0.39, 0.29) is 0 Å². The summed E-state index contributed by atoms with van der Waals surface area (Å²) < 4.78 is 5.19. The van der Waals surface area contributed by atoms with Gasteiger partial charge in [0.05, 0.1) is 0 Å². The number of aryl methyl sites for hydroxylation is 1. The number of halogens is 1. The van der Waals surface area contributed by atoms with Gasteiger partial charge in [-0.3, -0.25) is 0 Å². The Hall–Kier alpha value is -0.950. The molecule has 0 amide bonds. The van der Waals surface area contributed by atoms with E-state index in [9.17, 15) is 0 Å². The van der Waals surface area contributed by atoms with Gasteiger partial charge in [0.15, 0.2) is 5.22 Å². The predicted molar refractivity (Wildman–Crippen MR) is 46.0 cm³/mol. The lowest BCUT2D eigenvalue weighted by Crippen LogP contribution is -1.67. The first-order chi connectivity index (χ1) is 5.25. The van der Waals surface area contributed by atoms with Crippen LogP contribution >= 0.6 is 11.6 Å². The van der Waals surface area contributed by atoms with Crippen molar-refractivity contribution in [3.8, 4) is 0 Å². The van der Waals surface area contributed by atoms with E-state index in [1.807, 2.05) is 31.2 Å². The summed E-state index contributed by atoms with van der Waals surface area (Å²) in [6.07, 6.45) is 0. The Balaban J connectivity index is 2.82. The van der Waals surface area contributed by atoms with Crippen LogP contribution in [0.2, 0.25) is 5.22 Å². The van der Waals surface area contributed by atoms with Gasteiger partial charge in [-0.2, -0.15) is 0 Å². The fourth-order valence-electron chi connectivity index (χ4n) is 1.13. The molecule has 0 aliphatic rings. The third-order valence-electron chi connectivity index (χ3n) is 1.64. The van der Waals surface area contributed by atoms with E-state index in [0.29, 0.717) is 5.22 Å². The maximum Gasteiger partial charge on any atom is 0.194 e. The second-order valence-corrected chi connectivity index (χ2v) is 2.96. The van der Waals surface area contributed by atoms with E-state index >= 15 is 0 Å². The summed E-state index contributed by atoms with van der Waals surface area (Å²) in [5.41, 5.74) is 2.07. The van der Waals surface area contributed by atoms with Crippen molar-refractivity contribution in [2.24, 2.45) is 0 Å². The number of furan rings is 1. The maximum absolute atomic E-state index is 5.67. The Morgan fingerprint density at radius 1 is 1.27 bits per heavy atom. The second kappa shape index (κ2) is 2.28. The van der Waals surface area contributed by atoms with Gasteiger partial charge < -0.3 is 4.42 Å². The zero-order valence-corrected chi connectivity index (χ0v) is 6.85. The Morgan fingerprint density at radius 3 is 2.91 bits per heavy atom. The monoisotopic (exact) mass is 166 g/mol. The highest BCUT2D eigenvalue weighted by Crippen LogP contribution is 2.23. The van der Waals surface area contributed by atoms with Crippen LogP contribution in [0.5, 0.6) is 0 Å². The van der Waals surface area contributed by atoms with Gasteiger partial charge in [-0.25, -0.2) is 0 Å². The molecule has 0 saturated heterocycles. The molecule has 0 N–H and O–H groups in total. The minimum Gasteiger partial charge on any atom is -0.445 e. The predicted octanol–water partition coefficient (Wildman–Crippen LogP) is 3.39. The van der Waals surface area contributed by atoms with Gasteiger partial charge in [-0.05, 0) is 30.7 Å². The minimum atomic E-state index is 0.450. The van der Waals surface area contributed by atoms with Crippen LogP contribution in [-0.4, -0.2) is 0 Å². The zero-order valence-electron chi connectivity index (χ0n) is 6.10. The molecule has 56 valence electrons. The first-order valence-corrected chi connectivity index (χ1v) is 3.79. The van der Waals surface area contributed by atoms with Crippen molar-refractivity contribution < 1.29 is 4.42 Å². The molecule has 0 saturated carbocycles. The molecule has 1 aromatic carbocycles. The molecule has 0 spiro atoms. The standard InChI is InChI=1S/C9H7ClO/c1-6-2-3-8-7(4-6)5-9(10)11-8/h2-5H,1H3. The van der Waals surface area contributed by atoms with Crippen molar-refractivity contribution in [3.05, 3.63) is 35.0 Å². The van der Waals surface area contributed by atoms with E-state index in [1.54, 1.807) is 0 Å². The van der Waals surface area contributed by atoms with Crippen molar-refractivity contribution in [2.45, 2.75) is 6.92 Å². The van der Waals surface area contributed by atoms with E-state index in [0.717, 1.165) is 11.0 Å². The van der Waals surface area contributed by atoms with Gasteiger partial charge >= 0.3 is 0 Å². The summed E-state index contributed by atoms with van der Waals surface area (Å²) >= 11 is 5.67. The maximum atomic E-state index is 5.67. The van der Waals surface area contributed by atoms with E-state index in [1.165, 1.54) is 5.56 Å². The third kappa shape index (κ3) is 1.12. The number of rotatable bonds is 0. The summed E-state index contributed by atoms with van der Waals surface area (Å²) in [4.78, 5) is 0. The second-order valence-electron chi connectivity index (χ2n) is 2.59. The average Bonchev–Trinajstić information content (AvgIpc) is 2.27. The van der Waals surface area contributed by atoms with Gasteiger partial charge in [0, 0.05) is 11.5 Å². The Bertz CT molecular complexity index is 389. The molecular formula is C9H7ClO.